The van der Waals surface area contributed by atoms with E-state index in [2.05, 4.69) is 203 Å². The van der Waals surface area contributed by atoms with Crippen molar-refractivity contribution >= 4 is 65.6 Å². The third-order valence-electron chi connectivity index (χ3n) is 12.3. The fraction of sp³-hybridized carbons (Fsp3) is 0.0909. The molecule has 0 aliphatic heterocycles. The van der Waals surface area contributed by atoms with Gasteiger partial charge < -0.3 is 13.9 Å². The predicted octanol–water partition coefficient (Wildman–Crippen LogP) is 14.6. The van der Waals surface area contributed by atoms with Crippen LogP contribution in [0.4, 0.5) is 5.69 Å². The summed E-state index contributed by atoms with van der Waals surface area (Å²) in [6.45, 7) is 4.93. The topological polar surface area (TPSA) is 12.6 Å². The summed E-state index contributed by atoms with van der Waals surface area (Å²) in [5.74, 6) is 0. The maximum atomic E-state index is 4.17. The zero-order valence-corrected chi connectivity index (χ0v) is 32.5. The van der Waals surface area contributed by atoms with Crippen LogP contribution in [0.2, 0.25) is 0 Å². The molecule has 0 unspecified atom stereocenters. The number of rotatable bonds is 9. The van der Waals surface area contributed by atoms with Gasteiger partial charge in [-0.15, -0.1) is 0 Å². The molecule has 11 rings (SSSR count). The average Bonchev–Trinajstić information content (AvgIpc) is 3.92. The van der Waals surface area contributed by atoms with Crippen LogP contribution < -0.4 is 4.90 Å². The first kappa shape index (κ1) is 34.2. The Morgan fingerprint density at radius 3 is 1.91 bits per heavy atom. The predicted molar refractivity (Wildman–Crippen MR) is 248 cm³/mol. The molecule has 0 atom stereocenters. The lowest BCUT2D eigenvalue weighted by molar-refractivity contribution is 0.841. The minimum atomic E-state index is 0.756. The molecule has 58 heavy (non-hydrogen) atoms. The zero-order valence-electron chi connectivity index (χ0n) is 32.5. The molecule has 3 nitrogen and oxygen atoms in total. The number of nitrogens with zero attached hydrogens (tertiary/aromatic N) is 3. The first-order chi connectivity index (χ1) is 28.7. The molecule has 0 bridgehead atoms. The van der Waals surface area contributed by atoms with Gasteiger partial charge in [0.25, 0.3) is 0 Å². The fourth-order valence-electron chi connectivity index (χ4n) is 9.65. The van der Waals surface area contributed by atoms with Gasteiger partial charge >= 0.3 is 0 Å². The molecule has 0 fully saturated rings. The van der Waals surface area contributed by atoms with Crippen LogP contribution in [0.5, 0.6) is 0 Å². The maximum Gasteiger partial charge on any atom is 0.0620 e. The van der Waals surface area contributed by atoms with Gasteiger partial charge in [-0.2, -0.15) is 0 Å². The van der Waals surface area contributed by atoms with Gasteiger partial charge in [-0.25, -0.2) is 0 Å². The molecule has 0 radical (unpaired) electrons. The van der Waals surface area contributed by atoms with E-state index in [0.29, 0.717) is 0 Å². The Morgan fingerprint density at radius 2 is 1.22 bits per heavy atom. The van der Waals surface area contributed by atoms with E-state index in [4.69, 9.17) is 0 Å². The molecule has 278 valence electrons. The van der Waals surface area contributed by atoms with Crippen LogP contribution in [0.25, 0.3) is 71.0 Å². The van der Waals surface area contributed by atoms with Crippen LogP contribution in [0.3, 0.4) is 0 Å². The summed E-state index contributed by atoms with van der Waals surface area (Å²) in [5, 5.41) is 7.79. The average molecular weight is 746 g/mol. The van der Waals surface area contributed by atoms with Crippen molar-refractivity contribution in [1.29, 1.82) is 0 Å². The van der Waals surface area contributed by atoms with Crippen molar-refractivity contribution < 1.29 is 0 Å². The zero-order chi connectivity index (χ0) is 38.6. The Morgan fingerprint density at radius 1 is 0.586 bits per heavy atom. The van der Waals surface area contributed by atoms with Crippen molar-refractivity contribution in [3.05, 3.63) is 217 Å². The lowest BCUT2D eigenvalue weighted by Gasteiger charge is -2.31. The smallest absolute Gasteiger partial charge is 0.0620 e. The van der Waals surface area contributed by atoms with E-state index in [1.807, 2.05) is 6.08 Å². The van der Waals surface area contributed by atoms with Crippen LogP contribution >= 0.6 is 0 Å². The van der Waals surface area contributed by atoms with Gasteiger partial charge in [0.05, 0.1) is 16.6 Å². The standard InChI is InChI=1S/C55H43N3/c1-2-14-42(17-13-36-56-51-23-9-6-18-45(51)46-19-7-10-24-52(46)56)57(43-31-26-39(27-32-43)38-15-4-3-5-16-38)44-33-28-40(29-34-44)41-30-35-54-50(37-41)49-22-12-21-48-47-20-8-11-25-53(47)58(54)55(48)49/h2-4,6-15,17-26,28-31,33-35,37H,1,5,16,27,32,36H2/b17-13-,42-14+. The molecular weight excluding hydrogens is 703 g/mol. The number of hydrogen-bond acceptors (Lipinski definition) is 1. The van der Waals surface area contributed by atoms with Crippen LogP contribution in [0, 0.1) is 0 Å². The minimum Gasteiger partial charge on any atom is -0.337 e. The highest BCUT2D eigenvalue weighted by Gasteiger charge is 2.21. The second-order valence-electron chi connectivity index (χ2n) is 15.6. The van der Waals surface area contributed by atoms with Gasteiger partial charge in [-0.3, -0.25) is 0 Å². The van der Waals surface area contributed by atoms with Gasteiger partial charge in [0.15, 0.2) is 0 Å². The largest absolute Gasteiger partial charge is 0.337 e. The monoisotopic (exact) mass is 745 g/mol. The van der Waals surface area contributed by atoms with E-state index in [9.17, 15) is 0 Å². The second kappa shape index (κ2) is 14.1. The number of benzene rings is 6. The molecule has 0 saturated heterocycles. The van der Waals surface area contributed by atoms with E-state index in [1.54, 1.807) is 0 Å². The highest BCUT2D eigenvalue weighted by molar-refractivity contribution is 6.23. The molecular formula is C55H43N3. The SMILES string of the molecule is C=C/C=C(\C=C/Cn1c2ccccc2c2ccccc21)N(C1=CC=C(C2=CC=CCC2)CC1)c1ccc(-c2ccc3c(c2)c2cccc4c5ccccc5n3c42)cc1. The number of hydrogen-bond donors (Lipinski definition) is 0. The minimum absolute atomic E-state index is 0.756. The Labute approximate surface area is 338 Å². The lowest BCUT2D eigenvalue weighted by Crippen LogP contribution is -2.22. The van der Waals surface area contributed by atoms with Crippen molar-refractivity contribution in [1.82, 2.24) is 8.97 Å². The molecule has 3 heteroatoms. The summed E-state index contributed by atoms with van der Waals surface area (Å²) in [6, 6.07) is 49.0. The maximum absolute atomic E-state index is 4.17. The molecule has 9 aromatic rings. The van der Waals surface area contributed by atoms with Crippen LogP contribution in [-0.4, -0.2) is 8.97 Å². The van der Waals surface area contributed by atoms with Crippen molar-refractivity contribution in [2.24, 2.45) is 0 Å². The number of aromatic nitrogens is 2. The van der Waals surface area contributed by atoms with E-state index >= 15 is 0 Å². The van der Waals surface area contributed by atoms with Crippen LogP contribution in [0.1, 0.15) is 25.7 Å². The summed E-state index contributed by atoms with van der Waals surface area (Å²) in [7, 11) is 0. The van der Waals surface area contributed by atoms with Gasteiger partial charge in [0, 0.05) is 67.0 Å². The van der Waals surface area contributed by atoms with E-state index in [1.165, 1.54) is 87.9 Å². The first-order valence-corrected chi connectivity index (χ1v) is 20.5. The van der Waals surface area contributed by atoms with Gasteiger partial charge in [-0.1, -0.05) is 134 Å². The quantitative estimate of drug-likeness (QED) is 0.134. The third-order valence-corrected chi connectivity index (χ3v) is 12.3. The highest BCUT2D eigenvalue weighted by atomic mass is 15.2. The Bertz CT molecular complexity index is 3210. The molecule has 0 amide bonds. The molecule has 0 N–H and O–H groups in total. The van der Waals surface area contributed by atoms with Crippen LogP contribution in [0.15, 0.2) is 217 Å². The van der Waals surface area contributed by atoms with E-state index in [-0.39, 0.29) is 0 Å². The summed E-state index contributed by atoms with van der Waals surface area (Å²) in [5.41, 5.74) is 15.2. The van der Waals surface area contributed by atoms with Crippen molar-refractivity contribution in [2.45, 2.75) is 32.2 Å². The van der Waals surface area contributed by atoms with Crippen molar-refractivity contribution in [3.8, 4) is 11.1 Å². The fourth-order valence-corrected chi connectivity index (χ4v) is 9.65. The Kier molecular flexibility index (Phi) is 8.32. The Balaban J connectivity index is 0.973. The third kappa shape index (κ3) is 5.57. The summed E-state index contributed by atoms with van der Waals surface area (Å²) in [4.78, 5) is 2.43. The lowest BCUT2D eigenvalue weighted by atomic mass is 9.90. The molecule has 6 aromatic carbocycles. The molecule has 3 heterocycles. The second-order valence-corrected chi connectivity index (χ2v) is 15.6. The highest BCUT2D eigenvalue weighted by Crippen LogP contribution is 2.41. The van der Waals surface area contributed by atoms with Gasteiger partial charge in [0.1, 0.15) is 0 Å². The number of fused-ring (bicyclic) bond motifs is 9. The molecule has 3 aromatic heterocycles. The number of para-hydroxylation sites is 4. The van der Waals surface area contributed by atoms with E-state index < -0.39 is 0 Å². The molecule has 0 spiro atoms. The van der Waals surface area contributed by atoms with Crippen molar-refractivity contribution in [3.63, 3.8) is 0 Å². The first-order valence-electron chi connectivity index (χ1n) is 20.5. The van der Waals surface area contributed by atoms with Gasteiger partial charge in [-0.05, 0) is 109 Å². The number of anilines is 1. The summed E-state index contributed by atoms with van der Waals surface area (Å²) in [6.07, 6.45) is 24.3. The summed E-state index contributed by atoms with van der Waals surface area (Å²) < 4.78 is 4.87. The normalized spacial score (nSPS) is 15.0. The van der Waals surface area contributed by atoms with Crippen molar-refractivity contribution in [2.75, 3.05) is 4.90 Å². The summed E-state index contributed by atoms with van der Waals surface area (Å²) >= 11 is 0. The molecule has 2 aliphatic rings. The molecule has 2 aliphatic carbocycles. The molecule has 0 saturated carbocycles. The van der Waals surface area contributed by atoms with Gasteiger partial charge in [0.2, 0.25) is 0 Å². The van der Waals surface area contributed by atoms with E-state index in [0.717, 1.165) is 43.6 Å². The van der Waals surface area contributed by atoms with Crippen LogP contribution in [-0.2, 0) is 6.54 Å². The number of allylic oxidation sites excluding steroid dienone is 12. The Hall–Kier alpha value is -7.10.